The first-order chi connectivity index (χ1) is 6.74. The fourth-order valence-corrected chi connectivity index (χ4v) is 2.16. The van der Waals surface area contributed by atoms with Crippen molar-refractivity contribution in [1.29, 1.82) is 0 Å². The zero-order valence-corrected chi connectivity index (χ0v) is 9.69. The van der Waals surface area contributed by atoms with Crippen molar-refractivity contribution in [3.05, 3.63) is 0 Å². The molecule has 82 valence electrons. The van der Waals surface area contributed by atoms with Crippen LogP contribution in [0, 0.1) is 0 Å². The van der Waals surface area contributed by atoms with Gasteiger partial charge in [-0.15, -0.1) is 11.8 Å². The summed E-state index contributed by atoms with van der Waals surface area (Å²) >= 11 is 1.77. The third kappa shape index (κ3) is 3.86. The zero-order valence-electron chi connectivity index (χ0n) is 8.88. The van der Waals surface area contributed by atoms with Gasteiger partial charge in [0.15, 0.2) is 0 Å². The molecule has 1 unspecified atom stereocenters. The van der Waals surface area contributed by atoms with E-state index in [9.17, 15) is 4.79 Å². The van der Waals surface area contributed by atoms with E-state index in [1.54, 1.807) is 11.8 Å². The monoisotopic (exact) mass is 217 g/mol. The standard InChI is InChI=1S/C9H19N3OS/c1-3-12(2)5-4-10-9(13)8-6-14-7-11-8/h8,11H,3-7H2,1-2H3,(H,10,13). The Bertz CT molecular complexity index is 183. The van der Waals surface area contributed by atoms with E-state index in [0.717, 1.165) is 31.3 Å². The Morgan fingerprint density at radius 1 is 1.71 bits per heavy atom. The molecule has 1 aliphatic heterocycles. The van der Waals surface area contributed by atoms with Crippen molar-refractivity contribution in [1.82, 2.24) is 15.5 Å². The van der Waals surface area contributed by atoms with Crippen LogP contribution in [-0.2, 0) is 4.79 Å². The summed E-state index contributed by atoms with van der Waals surface area (Å²) in [7, 11) is 2.05. The number of hydrogen-bond donors (Lipinski definition) is 2. The Kier molecular flexibility index (Phi) is 5.29. The molecule has 1 aliphatic rings. The second-order valence-electron chi connectivity index (χ2n) is 3.46. The lowest BCUT2D eigenvalue weighted by molar-refractivity contribution is -0.122. The third-order valence-electron chi connectivity index (χ3n) is 2.37. The summed E-state index contributed by atoms with van der Waals surface area (Å²) in [4.78, 5) is 13.7. The summed E-state index contributed by atoms with van der Waals surface area (Å²) in [5, 5.41) is 6.08. The fraction of sp³-hybridized carbons (Fsp3) is 0.889. The Morgan fingerprint density at radius 2 is 2.50 bits per heavy atom. The molecule has 0 aromatic carbocycles. The van der Waals surface area contributed by atoms with Crippen molar-refractivity contribution in [2.45, 2.75) is 13.0 Å². The van der Waals surface area contributed by atoms with Gasteiger partial charge in [-0.1, -0.05) is 6.92 Å². The molecule has 2 N–H and O–H groups in total. The molecule has 1 heterocycles. The summed E-state index contributed by atoms with van der Waals surface area (Å²) in [6.45, 7) is 4.79. The number of hydrogen-bond acceptors (Lipinski definition) is 4. The van der Waals surface area contributed by atoms with Gasteiger partial charge in [0.05, 0.1) is 6.04 Å². The third-order valence-corrected chi connectivity index (χ3v) is 3.31. The van der Waals surface area contributed by atoms with E-state index >= 15 is 0 Å². The molecule has 1 rings (SSSR count). The van der Waals surface area contributed by atoms with Crippen LogP contribution in [0.5, 0.6) is 0 Å². The molecule has 0 spiro atoms. The number of carbonyl (C=O) groups excluding carboxylic acids is 1. The number of thioether (sulfide) groups is 1. The molecular weight excluding hydrogens is 198 g/mol. The van der Waals surface area contributed by atoms with Crippen LogP contribution < -0.4 is 10.6 Å². The van der Waals surface area contributed by atoms with Crippen LogP contribution in [0.1, 0.15) is 6.92 Å². The van der Waals surface area contributed by atoms with Gasteiger partial charge < -0.3 is 10.2 Å². The van der Waals surface area contributed by atoms with E-state index in [0.29, 0.717) is 0 Å². The minimum absolute atomic E-state index is 0.0203. The van der Waals surface area contributed by atoms with Crippen molar-refractivity contribution >= 4 is 17.7 Å². The Labute approximate surface area is 89.8 Å². The lowest BCUT2D eigenvalue weighted by Gasteiger charge is -2.15. The van der Waals surface area contributed by atoms with Gasteiger partial charge >= 0.3 is 0 Å². The Morgan fingerprint density at radius 3 is 3.07 bits per heavy atom. The molecule has 14 heavy (non-hydrogen) atoms. The Balaban J connectivity index is 2.08. The second-order valence-corrected chi connectivity index (χ2v) is 4.49. The van der Waals surface area contributed by atoms with E-state index in [4.69, 9.17) is 0 Å². The number of nitrogens with zero attached hydrogens (tertiary/aromatic N) is 1. The van der Waals surface area contributed by atoms with Gasteiger partial charge in [0.25, 0.3) is 0 Å². The molecule has 0 radical (unpaired) electrons. The van der Waals surface area contributed by atoms with Crippen molar-refractivity contribution in [3.8, 4) is 0 Å². The number of likely N-dealkylation sites (N-methyl/N-ethyl adjacent to an activating group) is 1. The number of nitrogens with one attached hydrogen (secondary N) is 2. The van der Waals surface area contributed by atoms with Crippen LogP contribution in [0.3, 0.4) is 0 Å². The van der Waals surface area contributed by atoms with E-state index < -0.39 is 0 Å². The molecule has 0 aliphatic carbocycles. The van der Waals surface area contributed by atoms with Gasteiger partial charge in [0.1, 0.15) is 0 Å². The molecule has 1 fully saturated rings. The fourth-order valence-electron chi connectivity index (χ4n) is 1.21. The van der Waals surface area contributed by atoms with Crippen molar-refractivity contribution in [2.24, 2.45) is 0 Å². The van der Waals surface area contributed by atoms with E-state index in [1.807, 2.05) is 0 Å². The highest BCUT2D eigenvalue weighted by atomic mass is 32.2. The predicted octanol–water partition coefficient (Wildman–Crippen LogP) is -0.283. The molecule has 0 saturated carbocycles. The van der Waals surface area contributed by atoms with Crippen molar-refractivity contribution in [3.63, 3.8) is 0 Å². The lowest BCUT2D eigenvalue weighted by atomic mass is 10.3. The van der Waals surface area contributed by atoms with Crippen LogP contribution in [0.15, 0.2) is 0 Å². The van der Waals surface area contributed by atoms with E-state index in [2.05, 4.69) is 29.5 Å². The van der Waals surface area contributed by atoms with Crippen LogP contribution in [0.2, 0.25) is 0 Å². The predicted molar refractivity (Wildman–Crippen MR) is 60.4 cm³/mol. The summed E-state index contributed by atoms with van der Waals surface area (Å²) in [6.07, 6.45) is 0. The number of rotatable bonds is 5. The molecule has 0 bridgehead atoms. The average molecular weight is 217 g/mol. The van der Waals surface area contributed by atoms with E-state index in [1.165, 1.54) is 0 Å². The second kappa shape index (κ2) is 6.27. The highest BCUT2D eigenvalue weighted by Crippen LogP contribution is 2.08. The topological polar surface area (TPSA) is 44.4 Å². The molecule has 1 saturated heterocycles. The first kappa shape index (κ1) is 11.8. The molecule has 0 aromatic rings. The minimum atomic E-state index is 0.0203. The minimum Gasteiger partial charge on any atom is -0.353 e. The molecule has 1 atom stereocenters. The summed E-state index contributed by atoms with van der Waals surface area (Å²) in [5.41, 5.74) is 0. The molecule has 5 heteroatoms. The van der Waals surface area contributed by atoms with Gasteiger partial charge in [-0.3, -0.25) is 10.1 Å². The molecule has 0 aromatic heterocycles. The maximum absolute atomic E-state index is 11.5. The first-order valence-electron chi connectivity index (χ1n) is 5.01. The summed E-state index contributed by atoms with van der Waals surface area (Å²) < 4.78 is 0. The summed E-state index contributed by atoms with van der Waals surface area (Å²) in [5.74, 6) is 1.93. The lowest BCUT2D eigenvalue weighted by Crippen LogP contribution is -2.44. The average Bonchev–Trinajstić information content (AvgIpc) is 2.70. The maximum Gasteiger partial charge on any atom is 0.238 e. The largest absolute Gasteiger partial charge is 0.353 e. The van der Waals surface area contributed by atoms with E-state index in [-0.39, 0.29) is 11.9 Å². The quantitative estimate of drug-likeness (QED) is 0.665. The highest BCUT2D eigenvalue weighted by Gasteiger charge is 2.21. The smallest absolute Gasteiger partial charge is 0.238 e. The van der Waals surface area contributed by atoms with Gasteiger partial charge in [0.2, 0.25) is 5.91 Å². The first-order valence-corrected chi connectivity index (χ1v) is 6.17. The molecular formula is C9H19N3OS. The van der Waals surface area contributed by atoms with Crippen LogP contribution in [0.25, 0.3) is 0 Å². The molecule has 4 nitrogen and oxygen atoms in total. The maximum atomic E-state index is 11.5. The van der Waals surface area contributed by atoms with Crippen LogP contribution in [-0.4, -0.2) is 55.2 Å². The zero-order chi connectivity index (χ0) is 10.4. The highest BCUT2D eigenvalue weighted by molar-refractivity contribution is 7.99. The van der Waals surface area contributed by atoms with Crippen molar-refractivity contribution < 1.29 is 4.79 Å². The molecule has 1 amide bonds. The van der Waals surface area contributed by atoms with Crippen LogP contribution in [0.4, 0.5) is 0 Å². The van der Waals surface area contributed by atoms with Gasteiger partial charge in [-0.2, -0.15) is 0 Å². The van der Waals surface area contributed by atoms with Gasteiger partial charge in [-0.05, 0) is 13.6 Å². The van der Waals surface area contributed by atoms with Crippen LogP contribution >= 0.6 is 11.8 Å². The Hall–Kier alpha value is -0.260. The van der Waals surface area contributed by atoms with Gasteiger partial charge in [-0.25, -0.2) is 0 Å². The SMILES string of the molecule is CCN(C)CCNC(=O)C1CSCN1. The number of carbonyl (C=O) groups is 1. The summed E-state index contributed by atoms with van der Waals surface area (Å²) in [6, 6.07) is 0.0203. The van der Waals surface area contributed by atoms with Crippen molar-refractivity contribution in [2.75, 3.05) is 38.3 Å². The normalized spacial score (nSPS) is 21.5. The van der Waals surface area contributed by atoms with Gasteiger partial charge in [0, 0.05) is 24.7 Å². The number of amides is 1.